The molecule has 1 fully saturated rings. The first kappa shape index (κ1) is 20.5. The summed E-state index contributed by atoms with van der Waals surface area (Å²) in [6, 6.07) is 0. The largest absolute Gasteiger partial charge is 0.359 e. The third-order valence-corrected chi connectivity index (χ3v) is 5.93. The Labute approximate surface area is 177 Å². The van der Waals surface area contributed by atoms with E-state index in [1.54, 1.807) is 18.6 Å². The van der Waals surface area contributed by atoms with Gasteiger partial charge in [-0.05, 0) is 75.4 Å². The van der Waals surface area contributed by atoms with Gasteiger partial charge in [0.2, 0.25) is 0 Å². The van der Waals surface area contributed by atoms with Crippen LogP contribution in [0.4, 0.5) is 0 Å². The van der Waals surface area contributed by atoms with Gasteiger partial charge in [-0.2, -0.15) is 5.10 Å². The van der Waals surface area contributed by atoms with E-state index < -0.39 is 0 Å². The number of aromatic nitrogens is 3. The number of rotatable bonds is 7. The molecule has 0 spiro atoms. The molecule has 0 radical (unpaired) electrons. The highest BCUT2D eigenvalue weighted by Crippen LogP contribution is 2.30. The number of aromatic amines is 1. The molecule has 0 unspecified atom stereocenters. The van der Waals surface area contributed by atoms with Crippen molar-refractivity contribution < 1.29 is 4.79 Å². The second-order valence-electron chi connectivity index (χ2n) is 8.41. The lowest BCUT2D eigenvalue weighted by atomic mass is 9.93. The van der Waals surface area contributed by atoms with E-state index in [9.17, 15) is 4.79 Å². The first-order valence-electron chi connectivity index (χ1n) is 10.8. The van der Waals surface area contributed by atoms with Crippen molar-refractivity contribution in [1.29, 1.82) is 0 Å². The molecular weight excluding hydrogens is 376 g/mol. The molecule has 0 aliphatic carbocycles. The number of nitrogens with zero attached hydrogens (tertiary/aromatic N) is 4. The fraction of sp³-hybridized carbons (Fsp3) is 0.478. The van der Waals surface area contributed by atoms with Crippen molar-refractivity contribution in [3.8, 4) is 0 Å². The van der Waals surface area contributed by atoms with E-state index in [1.807, 2.05) is 6.08 Å². The van der Waals surface area contributed by atoms with Crippen LogP contribution >= 0.6 is 0 Å². The number of aryl methyl sites for hydroxylation is 1. The van der Waals surface area contributed by atoms with E-state index in [2.05, 4.69) is 51.2 Å². The summed E-state index contributed by atoms with van der Waals surface area (Å²) in [6.07, 6.45) is 11.6. The molecule has 2 aromatic rings. The van der Waals surface area contributed by atoms with Gasteiger partial charge in [0.05, 0.1) is 11.8 Å². The van der Waals surface area contributed by atoms with Gasteiger partial charge >= 0.3 is 0 Å². The summed E-state index contributed by atoms with van der Waals surface area (Å²) < 4.78 is 0. The SMILES string of the molecule is Cc1[nH]c(C=C2C(=O)NN=C2c2cnccn2)c(C(C)C)c1CCCN1CCCC1. The van der Waals surface area contributed by atoms with Crippen molar-refractivity contribution in [2.75, 3.05) is 19.6 Å². The number of carbonyl (C=O) groups excluding carboxylic acids is 1. The van der Waals surface area contributed by atoms with Crippen LogP contribution in [0.1, 0.15) is 67.2 Å². The third-order valence-electron chi connectivity index (χ3n) is 5.93. The zero-order chi connectivity index (χ0) is 21.1. The molecule has 0 saturated carbocycles. The zero-order valence-electron chi connectivity index (χ0n) is 18.0. The van der Waals surface area contributed by atoms with E-state index in [-0.39, 0.29) is 5.91 Å². The average molecular weight is 407 g/mol. The summed E-state index contributed by atoms with van der Waals surface area (Å²) in [5, 5.41) is 4.19. The maximum atomic E-state index is 12.5. The van der Waals surface area contributed by atoms with Crippen LogP contribution in [0.25, 0.3) is 6.08 Å². The summed E-state index contributed by atoms with van der Waals surface area (Å²) >= 11 is 0. The van der Waals surface area contributed by atoms with Crippen LogP contribution in [0.2, 0.25) is 0 Å². The molecule has 158 valence electrons. The number of amides is 1. The van der Waals surface area contributed by atoms with E-state index in [1.165, 1.54) is 42.8 Å². The molecule has 7 heteroatoms. The standard InChI is InChI=1S/C23H30N6O/c1-15(2)21-17(7-6-12-29-10-4-5-11-29)16(3)26-19(21)13-18-22(27-28-23(18)30)20-14-24-8-9-25-20/h8-9,13-15,26H,4-7,10-12H2,1-3H3,(H,28,30). The average Bonchev–Trinajstić information content (AvgIpc) is 3.44. The van der Waals surface area contributed by atoms with Crippen molar-refractivity contribution in [3.05, 3.63) is 52.4 Å². The second-order valence-corrected chi connectivity index (χ2v) is 8.41. The first-order chi connectivity index (χ1) is 14.5. The third kappa shape index (κ3) is 4.21. The molecule has 0 aromatic carbocycles. The van der Waals surface area contributed by atoms with Gasteiger partial charge in [0, 0.05) is 23.8 Å². The summed E-state index contributed by atoms with van der Waals surface area (Å²) in [7, 11) is 0. The number of nitrogens with one attached hydrogen (secondary N) is 2. The Bertz CT molecular complexity index is 967. The van der Waals surface area contributed by atoms with Gasteiger partial charge in [-0.1, -0.05) is 13.8 Å². The van der Waals surface area contributed by atoms with E-state index >= 15 is 0 Å². The molecule has 1 saturated heterocycles. The molecule has 2 aliphatic heterocycles. The summed E-state index contributed by atoms with van der Waals surface area (Å²) in [4.78, 5) is 27.0. The fourth-order valence-electron chi connectivity index (χ4n) is 4.52. The Kier molecular flexibility index (Phi) is 6.08. The lowest BCUT2D eigenvalue weighted by molar-refractivity contribution is -0.116. The van der Waals surface area contributed by atoms with Crippen molar-refractivity contribution >= 4 is 17.7 Å². The zero-order valence-corrected chi connectivity index (χ0v) is 18.0. The molecule has 0 atom stereocenters. The Hall–Kier alpha value is -2.80. The minimum atomic E-state index is -0.215. The predicted molar refractivity (Wildman–Crippen MR) is 118 cm³/mol. The van der Waals surface area contributed by atoms with Crippen LogP contribution in [-0.2, 0) is 11.2 Å². The lowest BCUT2D eigenvalue weighted by Gasteiger charge is -2.15. The monoisotopic (exact) mass is 406 g/mol. The molecule has 1 amide bonds. The molecular formula is C23H30N6O. The minimum Gasteiger partial charge on any atom is -0.359 e. The quantitative estimate of drug-likeness (QED) is 0.692. The Morgan fingerprint density at radius 1 is 1.23 bits per heavy atom. The smallest absolute Gasteiger partial charge is 0.273 e. The van der Waals surface area contributed by atoms with E-state index in [0.29, 0.717) is 22.9 Å². The highest BCUT2D eigenvalue weighted by atomic mass is 16.2. The number of hydrazone groups is 1. The maximum Gasteiger partial charge on any atom is 0.273 e. The van der Waals surface area contributed by atoms with Crippen LogP contribution in [0.5, 0.6) is 0 Å². The second kappa shape index (κ2) is 8.92. The molecule has 4 heterocycles. The molecule has 2 aromatic heterocycles. The number of hydrogen-bond donors (Lipinski definition) is 2. The molecule has 7 nitrogen and oxygen atoms in total. The first-order valence-corrected chi connectivity index (χ1v) is 10.8. The minimum absolute atomic E-state index is 0.215. The van der Waals surface area contributed by atoms with Crippen LogP contribution < -0.4 is 5.43 Å². The van der Waals surface area contributed by atoms with Gasteiger partial charge in [0.25, 0.3) is 5.91 Å². The van der Waals surface area contributed by atoms with E-state index in [4.69, 9.17) is 0 Å². The highest BCUT2D eigenvalue weighted by molar-refractivity contribution is 6.32. The Morgan fingerprint density at radius 3 is 2.73 bits per heavy atom. The number of likely N-dealkylation sites (tertiary alicyclic amines) is 1. The molecule has 4 rings (SSSR count). The predicted octanol–water partition coefficient (Wildman–Crippen LogP) is 3.18. The molecule has 2 N–H and O–H groups in total. The van der Waals surface area contributed by atoms with Crippen molar-refractivity contribution in [2.24, 2.45) is 5.10 Å². The van der Waals surface area contributed by atoms with Gasteiger partial charge in [-0.25, -0.2) is 5.43 Å². The van der Waals surface area contributed by atoms with Gasteiger partial charge in [0.1, 0.15) is 11.4 Å². The van der Waals surface area contributed by atoms with Gasteiger partial charge in [-0.15, -0.1) is 0 Å². The topological polar surface area (TPSA) is 86.3 Å². The molecule has 2 aliphatic rings. The van der Waals surface area contributed by atoms with Crippen molar-refractivity contribution in [1.82, 2.24) is 25.3 Å². The summed E-state index contributed by atoms with van der Waals surface area (Å²) in [5.74, 6) is 0.137. The Morgan fingerprint density at radius 2 is 2.03 bits per heavy atom. The van der Waals surface area contributed by atoms with Crippen LogP contribution in [0.15, 0.2) is 29.3 Å². The molecule has 0 bridgehead atoms. The normalized spacial score (nSPS) is 18.5. The van der Waals surface area contributed by atoms with Crippen LogP contribution in [-0.4, -0.2) is 51.1 Å². The molecule has 30 heavy (non-hydrogen) atoms. The lowest BCUT2D eigenvalue weighted by Crippen LogP contribution is -2.20. The van der Waals surface area contributed by atoms with Gasteiger partial charge < -0.3 is 9.88 Å². The Balaban J connectivity index is 1.61. The summed E-state index contributed by atoms with van der Waals surface area (Å²) in [5.41, 5.74) is 9.05. The van der Waals surface area contributed by atoms with Crippen molar-refractivity contribution in [3.63, 3.8) is 0 Å². The van der Waals surface area contributed by atoms with Crippen molar-refractivity contribution in [2.45, 2.75) is 52.4 Å². The van der Waals surface area contributed by atoms with Crippen LogP contribution in [0.3, 0.4) is 0 Å². The maximum absolute atomic E-state index is 12.5. The van der Waals surface area contributed by atoms with E-state index in [0.717, 1.165) is 25.1 Å². The fourth-order valence-corrected chi connectivity index (χ4v) is 4.52. The van der Waals surface area contributed by atoms with Crippen LogP contribution in [0, 0.1) is 6.92 Å². The number of carbonyl (C=O) groups is 1. The number of H-pyrrole nitrogens is 1. The van der Waals surface area contributed by atoms with Gasteiger partial charge in [0.15, 0.2) is 0 Å². The highest BCUT2D eigenvalue weighted by Gasteiger charge is 2.27. The van der Waals surface area contributed by atoms with Gasteiger partial charge in [-0.3, -0.25) is 14.8 Å². The number of hydrogen-bond acceptors (Lipinski definition) is 5. The summed E-state index contributed by atoms with van der Waals surface area (Å²) in [6.45, 7) is 10.2.